The fourth-order valence-corrected chi connectivity index (χ4v) is 3.65. The van der Waals surface area contributed by atoms with Crippen molar-refractivity contribution in [3.8, 4) is 0 Å². The van der Waals surface area contributed by atoms with E-state index in [0.717, 1.165) is 11.8 Å². The molecular weight excluding hydrogens is 404 g/mol. The van der Waals surface area contributed by atoms with Crippen molar-refractivity contribution >= 4 is 17.5 Å². The van der Waals surface area contributed by atoms with Gasteiger partial charge in [0.1, 0.15) is 11.6 Å². The number of halogens is 2. The van der Waals surface area contributed by atoms with Crippen LogP contribution in [0.2, 0.25) is 0 Å². The monoisotopic (exact) mass is 431 g/mol. The van der Waals surface area contributed by atoms with Gasteiger partial charge < -0.3 is 20.6 Å². The minimum absolute atomic E-state index is 0.0388. The molecular formula is C23H27F2N3O3. The molecule has 0 aromatic heterocycles. The van der Waals surface area contributed by atoms with E-state index in [2.05, 4.69) is 10.6 Å². The summed E-state index contributed by atoms with van der Waals surface area (Å²) in [6.07, 6.45) is 0.246. The third-order valence-corrected chi connectivity index (χ3v) is 5.49. The van der Waals surface area contributed by atoms with E-state index in [1.165, 1.54) is 19.1 Å². The quantitative estimate of drug-likeness (QED) is 0.568. The van der Waals surface area contributed by atoms with Crippen molar-refractivity contribution in [2.24, 2.45) is 0 Å². The van der Waals surface area contributed by atoms with Crippen LogP contribution < -0.4 is 15.5 Å². The average Bonchev–Trinajstić information content (AvgIpc) is 3.51. The average molecular weight is 431 g/mol. The third kappa shape index (κ3) is 5.86. The van der Waals surface area contributed by atoms with Crippen LogP contribution in [0, 0.1) is 11.6 Å². The number of amides is 2. The zero-order valence-corrected chi connectivity index (χ0v) is 17.6. The molecule has 3 N–H and O–H groups in total. The second kappa shape index (κ2) is 9.53. The van der Waals surface area contributed by atoms with Gasteiger partial charge in [-0.3, -0.25) is 9.59 Å². The molecule has 2 amide bonds. The number of anilines is 1. The van der Waals surface area contributed by atoms with Crippen LogP contribution in [0.15, 0.2) is 48.5 Å². The number of aliphatic hydroxyl groups excluding tert-OH is 1. The number of carbonyl (C=O) groups excluding carboxylic acids is 2. The Hall–Kier alpha value is -2.84. The molecule has 2 aromatic carbocycles. The molecule has 6 nitrogen and oxygen atoms in total. The van der Waals surface area contributed by atoms with Crippen molar-refractivity contribution in [3.63, 3.8) is 0 Å². The van der Waals surface area contributed by atoms with E-state index in [-0.39, 0.29) is 24.8 Å². The molecule has 0 aliphatic heterocycles. The Morgan fingerprint density at radius 1 is 1.13 bits per heavy atom. The highest BCUT2D eigenvalue weighted by Gasteiger charge is 2.51. The third-order valence-electron chi connectivity index (χ3n) is 5.49. The van der Waals surface area contributed by atoms with Gasteiger partial charge in [-0.05, 0) is 49.1 Å². The number of para-hydroxylation sites is 1. The van der Waals surface area contributed by atoms with Gasteiger partial charge in [0.05, 0.1) is 17.7 Å². The number of nitrogens with one attached hydrogen (secondary N) is 2. The number of benzene rings is 2. The largest absolute Gasteiger partial charge is 0.390 e. The summed E-state index contributed by atoms with van der Waals surface area (Å²) in [5.74, 6) is -1.93. The van der Waals surface area contributed by atoms with Gasteiger partial charge in [-0.25, -0.2) is 8.78 Å². The number of hydrogen-bond donors (Lipinski definition) is 3. The van der Waals surface area contributed by atoms with Gasteiger partial charge in [0, 0.05) is 32.3 Å². The Balaban J connectivity index is 1.65. The topological polar surface area (TPSA) is 81.7 Å². The fraction of sp³-hybridized carbons (Fsp3) is 0.391. The normalized spacial score (nSPS) is 16.3. The molecule has 2 unspecified atom stereocenters. The smallest absolute Gasteiger partial charge is 0.247 e. The van der Waals surface area contributed by atoms with Crippen LogP contribution in [0.5, 0.6) is 0 Å². The minimum atomic E-state index is -1.07. The van der Waals surface area contributed by atoms with E-state index >= 15 is 0 Å². The summed E-state index contributed by atoms with van der Waals surface area (Å²) in [6, 6.07) is 11.6. The Morgan fingerprint density at radius 3 is 2.29 bits per heavy atom. The summed E-state index contributed by atoms with van der Waals surface area (Å²) >= 11 is 0. The first-order valence-electron chi connectivity index (χ1n) is 10.2. The molecule has 0 heterocycles. The summed E-state index contributed by atoms with van der Waals surface area (Å²) in [4.78, 5) is 26.2. The fourth-order valence-electron chi connectivity index (χ4n) is 3.65. The Morgan fingerprint density at radius 2 is 1.74 bits per heavy atom. The van der Waals surface area contributed by atoms with E-state index in [1.807, 2.05) is 30.3 Å². The van der Waals surface area contributed by atoms with E-state index in [4.69, 9.17) is 0 Å². The SMILES string of the molecule is CC(=O)NC(Cc1cc(F)cc(F)c1)C(O)CNC1(C(=O)N(C)c2ccccc2)CC1. The highest BCUT2D eigenvalue weighted by atomic mass is 19.1. The van der Waals surface area contributed by atoms with Gasteiger partial charge in [0.25, 0.3) is 0 Å². The lowest BCUT2D eigenvalue weighted by atomic mass is 10.00. The Bertz CT molecular complexity index is 915. The highest BCUT2D eigenvalue weighted by Crippen LogP contribution is 2.38. The molecule has 0 bridgehead atoms. The number of rotatable bonds is 9. The number of aliphatic hydroxyl groups is 1. The lowest BCUT2D eigenvalue weighted by molar-refractivity contribution is -0.122. The second-order valence-corrected chi connectivity index (χ2v) is 8.02. The first-order valence-corrected chi connectivity index (χ1v) is 10.2. The van der Waals surface area contributed by atoms with E-state index in [0.29, 0.717) is 18.4 Å². The van der Waals surface area contributed by atoms with Crippen LogP contribution in [0.1, 0.15) is 25.3 Å². The van der Waals surface area contributed by atoms with Crippen LogP contribution in [0.25, 0.3) is 0 Å². The Kier molecular flexibility index (Phi) is 7.02. The van der Waals surface area contributed by atoms with E-state index < -0.39 is 29.3 Å². The zero-order valence-electron chi connectivity index (χ0n) is 17.6. The number of carbonyl (C=O) groups is 2. The van der Waals surface area contributed by atoms with E-state index in [9.17, 15) is 23.5 Å². The highest BCUT2D eigenvalue weighted by molar-refractivity contribution is 6.01. The van der Waals surface area contributed by atoms with Crippen molar-refractivity contribution in [2.75, 3.05) is 18.5 Å². The maximum absolute atomic E-state index is 13.5. The van der Waals surface area contributed by atoms with Gasteiger partial charge >= 0.3 is 0 Å². The van der Waals surface area contributed by atoms with Gasteiger partial charge in [0.2, 0.25) is 11.8 Å². The maximum atomic E-state index is 13.5. The molecule has 3 rings (SSSR count). The Labute approximate surface area is 180 Å². The van der Waals surface area contributed by atoms with Gasteiger partial charge in [-0.1, -0.05) is 18.2 Å². The zero-order chi connectivity index (χ0) is 22.6. The lowest BCUT2D eigenvalue weighted by Crippen LogP contribution is -2.53. The second-order valence-electron chi connectivity index (χ2n) is 8.02. The first kappa shape index (κ1) is 22.8. The van der Waals surface area contributed by atoms with Gasteiger partial charge in [-0.2, -0.15) is 0 Å². The number of nitrogens with zero attached hydrogens (tertiary/aromatic N) is 1. The molecule has 0 saturated heterocycles. The summed E-state index contributed by atoms with van der Waals surface area (Å²) < 4.78 is 27.0. The van der Waals surface area contributed by atoms with Crippen LogP contribution >= 0.6 is 0 Å². The molecule has 2 atom stereocenters. The first-order chi connectivity index (χ1) is 14.7. The van der Waals surface area contributed by atoms with Crippen molar-refractivity contribution in [1.82, 2.24) is 10.6 Å². The van der Waals surface area contributed by atoms with Crippen LogP contribution in [0.3, 0.4) is 0 Å². The number of likely N-dealkylation sites (N-methyl/N-ethyl adjacent to an activating group) is 1. The summed E-state index contributed by atoms with van der Waals surface area (Å²) in [7, 11) is 1.70. The molecule has 1 aliphatic carbocycles. The summed E-state index contributed by atoms with van der Waals surface area (Å²) in [6.45, 7) is 1.34. The maximum Gasteiger partial charge on any atom is 0.247 e. The molecule has 1 saturated carbocycles. The predicted octanol–water partition coefficient (Wildman–Crippen LogP) is 2.16. The van der Waals surface area contributed by atoms with Crippen LogP contribution in [-0.4, -0.2) is 48.2 Å². The summed E-state index contributed by atoms with van der Waals surface area (Å²) in [5.41, 5.74) is 0.318. The standard InChI is InChI=1S/C23H27F2N3O3/c1-15(29)27-20(12-16-10-17(24)13-18(25)11-16)21(30)14-26-23(8-9-23)22(31)28(2)19-6-4-3-5-7-19/h3-7,10-11,13,20-21,26,30H,8-9,12,14H2,1-2H3,(H,27,29). The van der Waals surface area contributed by atoms with Crippen molar-refractivity contribution in [3.05, 3.63) is 65.7 Å². The molecule has 31 heavy (non-hydrogen) atoms. The van der Waals surface area contributed by atoms with E-state index in [1.54, 1.807) is 11.9 Å². The molecule has 1 aliphatic rings. The predicted molar refractivity (Wildman–Crippen MR) is 113 cm³/mol. The number of β-amino-alcohol motifs (C(OH)–C–C–N with tert-alkyl or cyclic N) is 1. The molecule has 166 valence electrons. The molecule has 0 spiro atoms. The van der Waals surface area contributed by atoms with Crippen LogP contribution in [-0.2, 0) is 16.0 Å². The lowest BCUT2D eigenvalue weighted by Gasteiger charge is -2.28. The van der Waals surface area contributed by atoms with Crippen LogP contribution in [0.4, 0.5) is 14.5 Å². The molecule has 1 fully saturated rings. The van der Waals surface area contributed by atoms with Crippen molar-refractivity contribution in [1.29, 1.82) is 0 Å². The van der Waals surface area contributed by atoms with Crippen molar-refractivity contribution in [2.45, 2.75) is 43.9 Å². The van der Waals surface area contributed by atoms with Crippen molar-refractivity contribution < 1.29 is 23.5 Å². The molecule has 2 aromatic rings. The van der Waals surface area contributed by atoms with Gasteiger partial charge in [0.15, 0.2) is 0 Å². The molecule has 0 radical (unpaired) electrons. The number of hydrogen-bond acceptors (Lipinski definition) is 4. The van der Waals surface area contributed by atoms with Gasteiger partial charge in [-0.15, -0.1) is 0 Å². The molecule has 8 heteroatoms. The minimum Gasteiger partial charge on any atom is -0.390 e. The summed E-state index contributed by atoms with van der Waals surface area (Å²) in [5, 5.41) is 16.5.